The summed E-state index contributed by atoms with van der Waals surface area (Å²) in [7, 11) is 0. The van der Waals surface area contributed by atoms with Crippen LogP contribution in [0.4, 0.5) is 14.9 Å². The van der Waals surface area contributed by atoms with Crippen molar-refractivity contribution in [1.82, 2.24) is 14.7 Å². The molecule has 2 aromatic carbocycles. The number of nitrogens with one attached hydrogen (secondary N) is 1. The molecule has 2 aliphatic rings. The van der Waals surface area contributed by atoms with E-state index in [1.54, 1.807) is 46.6 Å². The summed E-state index contributed by atoms with van der Waals surface area (Å²) >= 11 is 14.0. The van der Waals surface area contributed by atoms with E-state index in [-0.39, 0.29) is 36.4 Å². The molecule has 0 spiro atoms. The van der Waals surface area contributed by atoms with Crippen LogP contribution >= 0.6 is 34.5 Å². The van der Waals surface area contributed by atoms with Crippen LogP contribution in [0.25, 0.3) is 0 Å². The molecule has 1 aromatic heterocycles. The summed E-state index contributed by atoms with van der Waals surface area (Å²) in [5.41, 5.74) is 2.44. The first kappa shape index (κ1) is 26.0. The maximum atomic E-state index is 14.1. The fraction of sp³-hybridized carbons (Fsp3) is 0.333. The van der Waals surface area contributed by atoms with E-state index in [0.717, 1.165) is 24.1 Å². The molecule has 3 amide bonds. The maximum Gasteiger partial charge on any atom is 0.322 e. The number of hydrogen-bond donors (Lipinski definition) is 1. The smallest absolute Gasteiger partial charge is 0.322 e. The zero-order valence-corrected chi connectivity index (χ0v) is 22.6. The molecular weight excluding hydrogens is 534 g/mol. The van der Waals surface area contributed by atoms with E-state index >= 15 is 0 Å². The summed E-state index contributed by atoms with van der Waals surface area (Å²) < 4.78 is 14.1. The number of nitrogens with zero attached hydrogens (tertiary/aromatic N) is 3. The third-order valence-corrected chi connectivity index (χ3v) is 8.82. The first-order chi connectivity index (χ1) is 17.8. The van der Waals surface area contributed by atoms with Crippen molar-refractivity contribution in [2.24, 2.45) is 0 Å². The van der Waals surface area contributed by atoms with Gasteiger partial charge in [-0.2, -0.15) is 0 Å². The second-order valence-corrected chi connectivity index (χ2v) is 11.2. The molecule has 1 N–H and O–H groups in total. The molecule has 2 aliphatic heterocycles. The Kier molecular flexibility index (Phi) is 7.72. The summed E-state index contributed by atoms with van der Waals surface area (Å²) in [6.45, 7) is 4.14. The van der Waals surface area contributed by atoms with Crippen molar-refractivity contribution in [2.45, 2.75) is 25.4 Å². The van der Waals surface area contributed by atoms with Crippen molar-refractivity contribution in [3.63, 3.8) is 0 Å². The maximum absolute atomic E-state index is 14.1. The second kappa shape index (κ2) is 11.0. The Balaban J connectivity index is 1.25. The van der Waals surface area contributed by atoms with Gasteiger partial charge in [-0.3, -0.25) is 9.69 Å². The van der Waals surface area contributed by atoms with Crippen LogP contribution in [0, 0.1) is 5.82 Å². The third kappa shape index (κ3) is 5.48. The molecule has 2 atom stereocenters. The number of thiophene rings is 1. The van der Waals surface area contributed by atoms with E-state index in [1.807, 2.05) is 17.9 Å². The third-order valence-electron chi connectivity index (χ3n) is 7.00. The monoisotopic (exact) mass is 560 g/mol. The number of anilines is 1. The quantitative estimate of drug-likeness (QED) is 0.431. The lowest BCUT2D eigenvalue weighted by atomic mass is 9.93. The van der Waals surface area contributed by atoms with E-state index in [4.69, 9.17) is 23.2 Å². The number of carbonyl (C=O) groups excluding carboxylic acids is 2. The highest BCUT2D eigenvalue weighted by Crippen LogP contribution is 2.38. The van der Waals surface area contributed by atoms with Crippen molar-refractivity contribution < 1.29 is 14.0 Å². The minimum Gasteiger partial charge on any atom is -0.338 e. The van der Waals surface area contributed by atoms with Gasteiger partial charge in [-0.05, 0) is 60.2 Å². The summed E-state index contributed by atoms with van der Waals surface area (Å²) in [5, 5.41) is 5.55. The number of hydrogen-bond acceptors (Lipinski definition) is 4. The number of amides is 3. The molecule has 1 saturated heterocycles. The Morgan fingerprint density at radius 3 is 2.70 bits per heavy atom. The van der Waals surface area contributed by atoms with Crippen LogP contribution in [0.15, 0.2) is 53.9 Å². The molecule has 6 nitrogen and oxygen atoms in total. The second-order valence-electron chi connectivity index (χ2n) is 9.39. The summed E-state index contributed by atoms with van der Waals surface area (Å²) in [6, 6.07) is 13.2. The molecule has 1 fully saturated rings. The Morgan fingerprint density at radius 1 is 1.11 bits per heavy atom. The molecule has 194 valence electrons. The number of benzene rings is 2. The summed E-state index contributed by atoms with van der Waals surface area (Å²) in [4.78, 5) is 33.3. The van der Waals surface area contributed by atoms with Gasteiger partial charge in [0.05, 0.1) is 28.3 Å². The number of rotatable bonds is 4. The number of piperazine rings is 1. The molecule has 0 saturated carbocycles. The van der Waals surface area contributed by atoms with E-state index in [0.29, 0.717) is 35.4 Å². The first-order valence-corrected chi connectivity index (χ1v) is 13.8. The lowest BCUT2D eigenvalue weighted by molar-refractivity contribution is -0.135. The van der Waals surface area contributed by atoms with Gasteiger partial charge >= 0.3 is 6.03 Å². The van der Waals surface area contributed by atoms with E-state index in [1.165, 1.54) is 10.9 Å². The van der Waals surface area contributed by atoms with Gasteiger partial charge in [-0.1, -0.05) is 41.4 Å². The van der Waals surface area contributed by atoms with Gasteiger partial charge in [0.25, 0.3) is 0 Å². The Morgan fingerprint density at radius 2 is 1.92 bits per heavy atom. The molecule has 0 aliphatic carbocycles. The average Bonchev–Trinajstić information content (AvgIpc) is 3.35. The van der Waals surface area contributed by atoms with Crippen molar-refractivity contribution in [2.75, 3.05) is 38.0 Å². The Hall–Kier alpha value is -2.65. The van der Waals surface area contributed by atoms with Crippen molar-refractivity contribution in [3.05, 3.63) is 85.8 Å². The molecule has 3 aromatic rings. The summed E-state index contributed by atoms with van der Waals surface area (Å²) in [6.07, 6.45) is 0.864. The predicted molar refractivity (Wildman–Crippen MR) is 146 cm³/mol. The Bertz CT molecular complexity index is 1320. The molecule has 3 heterocycles. The highest BCUT2D eigenvalue weighted by atomic mass is 35.5. The van der Waals surface area contributed by atoms with Crippen molar-refractivity contribution in [1.29, 1.82) is 0 Å². The van der Waals surface area contributed by atoms with Gasteiger partial charge in [0, 0.05) is 37.1 Å². The van der Waals surface area contributed by atoms with E-state index < -0.39 is 0 Å². The van der Waals surface area contributed by atoms with Crippen LogP contribution in [-0.2, 0) is 11.2 Å². The minimum absolute atomic E-state index is 0.00452. The zero-order valence-electron chi connectivity index (χ0n) is 20.3. The van der Waals surface area contributed by atoms with Crippen LogP contribution in [0.1, 0.15) is 29.0 Å². The fourth-order valence-electron chi connectivity index (χ4n) is 5.15. The zero-order chi connectivity index (χ0) is 26.1. The number of urea groups is 1. The van der Waals surface area contributed by atoms with Crippen LogP contribution < -0.4 is 5.32 Å². The van der Waals surface area contributed by atoms with E-state index in [9.17, 15) is 14.0 Å². The Labute approximate surface area is 229 Å². The van der Waals surface area contributed by atoms with Gasteiger partial charge in [-0.25, -0.2) is 9.18 Å². The topological polar surface area (TPSA) is 55.9 Å². The van der Waals surface area contributed by atoms with Crippen molar-refractivity contribution >= 4 is 52.2 Å². The first-order valence-electron chi connectivity index (χ1n) is 12.2. The molecule has 5 rings (SSSR count). The molecule has 10 heteroatoms. The summed E-state index contributed by atoms with van der Waals surface area (Å²) in [5.74, 6) is -0.279. The number of fused-ring (bicyclic) bond motifs is 1. The molecule has 0 bridgehead atoms. The van der Waals surface area contributed by atoms with Crippen LogP contribution in [0.5, 0.6) is 0 Å². The highest BCUT2D eigenvalue weighted by Gasteiger charge is 2.34. The van der Waals surface area contributed by atoms with Gasteiger partial charge < -0.3 is 15.1 Å². The fourth-order valence-corrected chi connectivity index (χ4v) is 6.40. The molecule has 0 radical (unpaired) electrons. The van der Waals surface area contributed by atoms with Gasteiger partial charge in [0.2, 0.25) is 5.91 Å². The molecule has 0 unspecified atom stereocenters. The predicted octanol–water partition coefficient (Wildman–Crippen LogP) is 5.91. The molecule has 37 heavy (non-hydrogen) atoms. The van der Waals surface area contributed by atoms with Crippen LogP contribution in [0.3, 0.4) is 0 Å². The van der Waals surface area contributed by atoms with Crippen LogP contribution in [0.2, 0.25) is 10.0 Å². The number of carbonyl (C=O) groups is 2. The lowest BCUT2D eigenvalue weighted by Crippen LogP contribution is -2.58. The van der Waals surface area contributed by atoms with Crippen molar-refractivity contribution in [3.8, 4) is 0 Å². The molecular formula is C27H27Cl2FN4O2S. The normalized spacial score (nSPS) is 20.0. The largest absolute Gasteiger partial charge is 0.338 e. The average molecular weight is 562 g/mol. The number of halogens is 3. The minimum atomic E-state index is -0.284. The van der Waals surface area contributed by atoms with E-state index in [2.05, 4.69) is 21.7 Å². The highest BCUT2D eigenvalue weighted by molar-refractivity contribution is 7.10. The van der Waals surface area contributed by atoms with Gasteiger partial charge in [0.15, 0.2) is 0 Å². The lowest BCUT2D eigenvalue weighted by Gasteiger charge is -2.41. The SMILES string of the molecule is C[C@@H]1CN(C(=O)CN2CCc3sccc3[C@@H]2c2cccc(F)c2)CCN1C(=O)Nc1cccc(Cl)c1Cl. The standard InChI is InChI=1S/C27H27Cl2FN4O2S/c1-17-15-32(11-12-34(17)27(36)31-22-7-3-6-21(28)25(22)29)24(35)16-33-10-8-23-20(9-13-37-23)26(33)18-4-2-5-19(30)14-18/h2-7,9,13-14,17,26H,8,10-12,15-16H2,1H3,(H,31,36)/t17-,26+/m1/s1. The van der Waals surface area contributed by atoms with Crippen LogP contribution in [-0.4, -0.2) is 65.4 Å². The van der Waals surface area contributed by atoms with Gasteiger partial charge in [-0.15, -0.1) is 11.3 Å². The van der Waals surface area contributed by atoms with Gasteiger partial charge in [0.1, 0.15) is 5.82 Å².